The topological polar surface area (TPSA) is 75.7 Å². The molecule has 0 fully saturated rings. The number of amides is 1. The van der Waals surface area contributed by atoms with Crippen LogP contribution in [0.1, 0.15) is 16.7 Å². The normalized spacial score (nSPS) is 15.7. The van der Waals surface area contributed by atoms with E-state index in [0.29, 0.717) is 17.1 Å². The minimum absolute atomic E-state index is 0.121. The van der Waals surface area contributed by atoms with Crippen LogP contribution in [0.3, 0.4) is 0 Å². The van der Waals surface area contributed by atoms with Gasteiger partial charge in [0, 0.05) is 5.69 Å². The Balaban J connectivity index is 1.70. The van der Waals surface area contributed by atoms with E-state index in [1.165, 1.54) is 4.31 Å². The number of hydrogen-bond acceptors (Lipinski definition) is 4. The fourth-order valence-electron chi connectivity index (χ4n) is 3.51. The van der Waals surface area contributed by atoms with E-state index in [1.807, 2.05) is 45.0 Å². The van der Waals surface area contributed by atoms with Crippen molar-refractivity contribution >= 4 is 27.3 Å². The molecule has 1 heterocycles. The Kier molecular flexibility index (Phi) is 5.45. The van der Waals surface area contributed by atoms with Crippen molar-refractivity contribution in [3.05, 3.63) is 83.4 Å². The predicted molar refractivity (Wildman–Crippen MR) is 121 cm³/mol. The van der Waals surface area contributed by atoms with Crippen LogP contribution in [0.4, 0.5) is 11.4 Å². The second-order valence-corrected chi connectivity index (χ2v) is 9.65. The third-order valence-electron chi connectivity index (χ3n) is 5.17. The molecule has 4 rings (SSSR count). The Hall–Kier alpha value is -3.32. The van der Waals surface area contributed by atoms with Crippen molar-refractivity contribution in [2.75, 3.05) is 16.2 Å². The van der Waals surface area contributed by atoms with Gasteiger partial charge in [0.15, 0.2) is 6.10 Å². The Bertz CT molecular complexity index is 1240. The Morgan fingerprint density at radius 2 is 1.61 bits per heavy atom. The Labute approximate surface area is 182 Å². The van der Waals surface area contributed by atoms with Crippen LogP contribution < -0.4 is 14.4 Å². The summed E-state index contributed by atoms with van der Waals surface area (Å²) in [6, 6.07) is 19.4. The summed E-state index contributed by atoms with van der Waals surface area (Å²) in [7, 11) is -3.88. The number of carbonyl (C=O) groups excluding carboxylic acids is 1. The molecule has 0 aromatic heterocycles. The number of rotatable bonds is 4. The van der Waals surface area contributed by atoms with Crippen LogP contribution in [-0.2, 0) is 14.8 Å². The first-order valence-corrected chi connectivity index (χ1v) is 11.4. The van der Waals surface area contributed by atoms with Crippen molar-refractivity contribution in [1.82, 2.24) is 0 Å². The van der Waals surface area contributed by atoms with Crippen molar-refractivity contribution in [2.24, 2.45) is 0 Å². The lowest BCUT2D eigenvalue weighted by atomic mass is 10.1. The lowest BCUT2D eigenvalue weighted by Gasteiger charge is -2.35. The average molecular weight is 437 g/mol. The van der Waals surface area contributed by atoms with Crippen molar-refractivity contribution < 1.29 is 17.9 Å². The quantitative estimate of drug-likeness (QED) is 0.665. The summed E-state index contributed by atoms with van der Waals surface area (Å²) in [5, 5.41) is 2.83. The molecular formula is C24H24N2O4S. The van der Waals surface area contributed by atoms with E-state index in [4.69, 9.17) is 4.74 Å². The van der Waals surface area contributed by atoms with Gasteiger partial charge in [-0.2, -0.15) is 0 Å². The molecule has 1 amide bonds. The summed E-state index contributed by atoms with van der Waals surface area (Å²) >= 11 is 0. The first-order valence-electron chi connectivity index (χ1n) is 9.98. The molecule has 1 atom stereocenters. The second-order valence-electron chi connectivity index (χ2n) is 7.79. The van der Waals surface area contributed by atoms with Gasteiger partial charge in [0.1, 0.15) is 5.75 Å². The number of aryl methyl sites for hydroxylation is 3. The molecule has 3 aromatic rings. The van der Waals surface area contributed by atoms with Crippen molar-refractivity contribution in [3.8, 4) is 5.75 Å². The van der Waals surface area contributed by atoms with Crippen molar-refractivity contribution in [3.63, 3.8) is 0 Å². The van der Waals surface area contributed by atoms with Gasteiger partial charge >= 0.3 is 0 Å². The third kappa shape index (κ3) is 4.27. The average Bonchev–Trinajstić information content (AvgIpc) is 2.73. The number of hydrogen-bond donors (Lipinski definition) is 1. The van der Waals surface area contributed by atoms with E-state index >= 15 is 0 Å². The summed E-state index contributed by atoms with van der Waals surface area (Å²) < 4.78 is 34.1. The minimum atomic E-state index is -3.88. The largest absolute Gasteiger partial charge is 0.476 e. The van der Waals surface area contributed by atoms with Gasteiger partial charge in [0.2, 0.25) is 0 Å². The van der Waals surface area contributed by atoms with E-state index in [0.717, 1.165) is 16.7 Å². The first kappa shape index (κ1) is 20.9. The number of fused-ring (bicyclic) bond motifs is 1. The van der Waals surface area contributed by atoms with E-state index < -0.39 is 22.0 Å². The van der Waals surface area contributed by atoms with Crippen LogP contribution in [0, 0.1) is 20.8 Å². The molecule has 6 nitrogen and oxygen atoms in total. The molecule has 0 spiro atoms. The van der Waals surface area contributed by atoms with E-state index in [2.05, 4.69) is 5.32 Å². The molecule has 31 heavy (non-hydrogen) atoms. The number of sulfonamides is 1. The maximum atomic E-state index is 13.5. The molecule has 0 saturated heterocycles. The van der Waals surface area contributed by atoms with Crippen LogP contribution in [0.2, 0.25) is 0 Å². The molecule has 0 bridgehead atoms. The van der Waals surface area contributed by atoms with Crippen molar-refractivity contribution in [2.45, 2.75) is 31.8 Å². The van der Waals surface area contributed by atoms with Gasteiger partial charge in [0.25, 0.3) is 15.9 Å². The first-order chi connectivity index (χ1) is 14.7. The monoisotopic (exact) mass is 436 g/mol. The molecule has 0 saturated carbocycles. The molecule has 1 N–H and O–H groups in total. The molecule has 1 aliphatic rings. The number of benzene rings is 3. The predicted octanol–water partition coefficient (Wildman–Crippen LogP) is 4.21. The lowest BCUT2D eigenvalue weighted by Crippen LogP contribution is -2.48. The lowest BCUT2D eigenvalue weighted by molar-refractivity contribution is -0.122. The molecule has 160 valence electrons. The maximum Gasteiger partial charge on any atom is 0.267 e. The summed E-state index contributed by atoms with van der Waals surface area (Å²) in [4.78, 5) is 13.1. The zero-order valence-electron chi connectivity index (χ0n) is 17.6. The summed E-state index contributed by atoms with van der Waals surface area (Å²) in [5.41, 5.74) is 3.94. The second kappa shape index (κ2) is 8.07. The van der Waals surface area contributed by atoms with Gasteiger partial charge < -0.3 is 10.1 Å². The van der Waals surface area contributed by atoms with Gasteiger partial charge in [-0.1, -0.05) is 35.9 Å². The maximum absolute atomic E-state index is 13.5. The smallest absolute Gasteiger partial charge is 0.267 e. The highest BCUT2D eigenvalue weighted by Crippen LogP contribution is 2.38. The highest BCUT2D eigenvalue weighted by Gasteiger charge is 2.37. The number of nitrogens with one attached hydrogen (secondary N) is 1. The van der Waals surface area contributed by atoms with Crippen LogP contribution in [-0.4, -0.2) is 27.0 Å². The summed E-state index contributed by atoms with van der Waals surface area (Å²) in [5.74, 6) is -0.0341. The molecule has 0 radical (unpaired) electrons. The zero-order chi connectivity index (χ0) is 22.2. The van der Waals surface area contributed by atoms with Crippen LogP contribution in [0.5, 0.6) is 5.75 Å². The number of anilines is 2. The standard InChI is InChI=1S/C24H24N2O4S/c1-16-7-10-20(11-8-16)31(28,29)26-15-23(30-22-14-18(3)9-12-21(22)26)24(27)25-19-6-4-5-17(2)13-19/h4-14,23H,15H2,1-3H3,(H,25,27). The van der Waals surface area contributed by atoms with Gasteiger partial charge in [0.05, 0.1) is 17.1 Å². The Morgan fingerprint density at radius 1 is 0.935 bits per heavy atom. The minimum Gasteiger partial charge on any atom is -0.476 e. The fourth-order valence-corrected chi connectivity index (χ4v) is 4.98. The molecule has 3 aromatic carbocycles. The zero-order valence-corrected chi connectivity index (χ0v) is 18.4. The van der Waals surface area contributed by atoms with Gasteiger partial charge in [-0.05, 0) is 68.3 Å². The fraction of sp³-hybridized carbons (Fsp3) is 0.208. The van der Waals surface area contributed by atoms with Crippen molar-refractivity contribution in [1.29, 1.82) is 0 Å². The number of carbonyl (C=O) groups is 1. The van der Waals surface area contributed by atoms with Crippen LogP contribution in [0.25, 0.3) is 0 Å². The van der Waals surface area contributed by atoms with E-state index in [9.17, 15) is 13.2 Å². The van der Waals surface area contributed by atoms with Gasteiger partial charge in [-0.3, -0.25) is 9.10 Å². The van der Waals surface area contributed by atoms with Gasteiger partial charge in [-0.25, -0.2) is 8.42 Å². The molecule has 1 aliphatic heterocycles. The van der Waals surface area contributed by atoms with E-state index in [-0.39, 0.29) is 11.4 Å². The van der Waals surface area contributed by atoms with Crippen LogP contribution >= 0.6 is 0 Å². The molecule has 7 heteroatoms. The van der Waals surface area contributed by atoms with Crippen LogP contribution in [0.15, 0.2) is 71.6 Å². The highest BCUT2D eigenvalue weighted by molar-refractivity contribution is 7.92. The summed E-state index contributed by atoms with van der Waals surface area (Å²) in [6.07, 6.45) is -0.991. The molecular weight excluding hydrogens is 412 g/mol. The summed E-state index contributed by atoms with van der Waals surface area (Å²) in [6.45, 7) is 5.60. The van der Waals surface area contributed by atoms with Gasteiger partial charge in [-0.15, -0.1) is 0 Å². The Morgan fingerprint density at radius 3 is 2.32 bits per heavy atom. The highest BCUT2D eigenvalue weighted by atomic mass is 32.2. The number of ether oxygens (including phenoxy) is 1. The van der Waals surface area contributed by atoms with E-state index in [1.54, 1.807) is 42.5 Å². The third-order valence-corrected chi connectivity index (χ3v) is 6.97. The number of nitrogens with zero attached hydrogens (tertiary/aromatic N) is 1. The SMILES string of the molecule is Cc1ccc(S(=O)(=O)N2CC(C(=O)Nc3cccc(C)c3)Oc3cc(C)ccc32)cc1. The molecule has 1 unspecified atom stereocenters. The molecule has 0 aliphatic carbocycles.